The number of hydrogen-bond donors (Lipinski definition) is 0. The summed E-state index contributed by atoms with van der Waals surface area (Å²) in [5.41, 5.74) is 3.68. The van der Waals surface area contributed by atoms with Gasteiger partial charge in [-0.3, -0.25) is 9.36 Å². The van der Waals surface area contributed by atoms with Crippen molar-refractivity contribution in [1.29, 1.82) is 0 Å². The Bertz CT molecular complexity index is 952. The Morgan fingerprint density at radius 1 is 1.33 bits per heavy atom. The van der Waals surface area contributed by atoms with Crippen molar-refractivity contribution in [2.24, 2.45) is 0 Å². The van der Waals surface area contributed by atoms with Crippen LogP contribution in [0.15, 0.2) is 42.7 Å². The molecule has 0 radical (unpaired) electrons. The summed E-state index contributed by atoms with van der Waals surface area (Å²) in [6, 6.07) is 9.72. The third kappa shape index (κ3) is 2.15. The van der Waals surface area contributed by atoms with Gasteiger partial charge < -0.3 is 9.30 Å². The summed E-state index contributed by atoms with van der Waals surface area (Å²) in [6.45, 7) is 2.69. The minimum absolute atomic E-state index is 0.254. The Labute approximate surface area is 138 Å². The molecule has 0 amide bonds. The number of carbonyl (C=O) groups is 2. The van der Waals surface area contributed by atoms with Crippen molar-refractivity contribution in [3.05, 3.63) is 59.5 Å². The summed E-state index contributed by atoms with van der Waals surface area (Å²) in [4.78, 5) is 27.7. The van der Waals surface area contributed by atoms with Crippen LogP contribution in [-0.2, 0) is 11.3 Å². The van der Waals surface area contributed by atoms with Gasteiger partial charge in [0.2, 0.25) is 0 Å². The number of para-hydroxylation sites is 1. The van der Waals surface area contributed by atoms with Gasteiger partial charge in [-0.05, 0) is 24.6 Å². The van der Waals surface area contributed by atoms with E-state index in [0.29, 0.717) is 24.5 Å². The van der Waals surface area contributed by atoms with Crippen LogP contribution >= 0.6 is 0 Å². The zero-order valence-corrected chi connectivity index (χ0v) is 13.1. The van der Waals surface area contributed by atoms with Crippen LogP contribution in [0, 0.1) is 0 Å². The van der Waals surface area contributed by atoms with Crippen molar-refractivity contribution in [1.82, 2.24) is 14.1 Å². The highest BCUT2D eigenvalue weighted by Gasteiger charge is 2.24. The molecule has 1 aliphatic rings. The first-order valence-electron chi connectivity index (χ1n) is 7.71. The molecule has 0 fully saturated rings. The van der Waals surface area contributed by atoms with Crippen molar-refractivity contribution < 1.29 is 14.3 Å². The molecule has 3 heterocycles. The van der Waals surface area contributed by atoms with E-state index in [1.165, 1.54) is 0 Å². The maximum Gasteiger partial charge on any atom is 0.358 e. The molecule has 0 aliphatic carbocycles. The number of nitrogens with zero attached hydrogens (tertiary/aromatic N) is 3. The van der Waals surface area contributed by atoms with E-state index in [-0.39, 0.29) is 5.69 Å². The number of aldehydes is 1. The van der Waals surface area contributed by atoms with Gasteiger partial charge in [0, 0.05) is 24.5 Å². The molecule has 2 aromatic heterocycles. The maximum atomic E-state index is 12.1. The number of carbonyl (C=O) groups excluding carboxylic acids is 2. The van der Waals surface area contributed by atoms with E-state index in [1.807, 2.05) is 33.4 Å². The van der Waals surface area contributed by atoms with Crippen LogP contribution in [0.1, 0.15) is 33.3 Å². The fourth-order valence-corrected chi connectivity index (χ4v) is 3.03. The lowest BCUT2D eigenvalue weighted by Gasteiger charge is -2.08. The minimum atomic E-state index is -0.454. The van der Waals surface area contributed by atoms with E-state index in [1.54, 1.807) is 25.4 Å². The second-order valence-electron chi connectivity index (χ2n) is 5.57. The molecule has 0 saturated heterocycles. The van der Waals surface area contributed by atoms with E-state index in [2.05, 4.69) is 4.98 Å². The quantitative estimate of drug-likeness (QED) is 0.430. The van der Waals surface area contributed by atoms with Crippen LogP contribution in [0.3, 0.4) is 0 Å². The van der Waals surface area contributed by atoms with Crippen LogP contribution in [0.2, 0.25) is 0 Å². The van der Waals surface area contributed by atoms with Gasteiger partial charge in [0.25, 0.3) is 0 Å². The summed E-state index contributed by atoms with van der Waals surface area (Å²) in [5, 5.41) is 0. The van der Waals surface area contributed by atoms with Crippen molar-refractivity contribution >= 4 is 12.3 Å². The van der Waals surface area contributed by atoms with Crippen molar-refractivity contribution in [2.75, 3.05) is 6.61 Å². The van der Waals surface area contributed by atoms with Gasteiger partial charge >= 0.3 is 5.97 Å². The Morgan fingerprint density at radius 3 is 2.96 bits per heavy atom. The first kappa shape index (κ1) is 14.4. The molecule has 4 rings (SSSR count). The highest BCUT2D eigenvalue weighted by Crippen LogP contribution is 2.31. The number of aromatic nitrogens is 3. The monoisotopic (exact) mass is 321 g/mol. The van der Waals surface area contributed by atoms with Gasteiger partial charge in [-0.2, -0.15) is 0 Å². The number of hydrogen-bond acceptors (Lipinski definition) is 4. The third-order valence-corrected chi connectivity index (χ3v) is 4.07. The van der Waals surface area contributed by atoms with E-state index in [4.69, 9.17) is 4.74 Å². The van der Waals surface area contributed by atoms with Gasteiger partial charge in [0.05, 0.1) is 18.0 Å². The van der Waals surface area contributed by atoms with E-state index in [9.17, 15) is 9.59 Å². The first-order valence-corrected chi connectivity index (χ1v) is 7.71. The Balaban J connectivity index is 1.96. The van der Waals surface area contributed by atoms with Gasteiger partial charge in [0.15, 0.2) is 17.8 Å². The normalized spacial score (nSPS) is 11.9. The minimum Gasteiger partial charge on any atom is -0.461 e. The summed E-state index contributed by atoms with van der Waals surface area (Å²) < 4.78 is 8.92. The van der Waals surface area contributed by atoms with E-state index < -0.39 is 5.97 Å². The molecule has 120 valence electrons. The number of esters is 1. The molecular formula is C18H15N3O3. The van der Waals surface area contributed by atoms with Crippen molar-refractivity contribution in [3.8, 4) is 17.2 Å². The number of benzene rings is 1. The average molecular weight is 321 g/mol. The molecule has 1 aromatic carbocycles. The molecule has 0 bridgehead atoms. The van der Waals surface area contributed by atoms with Crippen molar-refractivity contribution in [3.63, 3.8) is 0 Å². The SMILES string of the molecule is CCOC(=O)c1cn2c(n1)-c1cc(C=O)cn1Cc1ccccc1-2. The number of imidazole rings is 1. The number of rotatable bonds is 3. The third-order valence-electron chi connectivity index (χ3n) is 4.07. The molecular weight excluding hydrogens is 306 g/mol. The summed E-state index contributed by atoms with van der Waals surface area (Å²) in [7, 11) is 0. The molecule has 6 heteroatoms. The van der Waals surface area contributed by atoms with E-state index >= 15 is 0 Å². The summed E-state index contributed by atoms with van der Waals surface area (Å²) in [5.74, 6) is 0.167. The summed E-state index contributed by atoms with van der Waals surface area (Å²) >= 11 is 0. The number of fused-ring (bicyclic) bond motifs is 5. The largest absolute Gasteiger partial charge is 0.461 e. The Kier molecular flexibility index (Phi) is 3.30. The topological polar surface area (TPSA) is 66.1 Å². The van der Waals surface area contributed by atoms with Crippen LogP contribution in [0.4, 0.5) is 0 Å². The lowest BCUT2D eigenvalue weighted by molar-refractivity contribution is 0.0520. The molecule has 24 heavy (non-hydrogen) atoms. The smallest absolute Gasteiger partial charge is 0.358 e. The highest BCUT2D eigenvalue weighted by molar-refractivity contribution is 5.88. The summed E-state index contributed by atoms with van der Waals surface area (Å²) in [6.07, 6.45) is 4.30. The zero-order valence-electron chi connectivity index (χ0n) is 13.1. The average Bonchev–Trinajstić information content (AvgIpc) is 3.17. The second kappa shape index (κ2) is 5.49. The lowest BCUT2D eigenvalue weighted by Crippen LogP contribution is -2.05. The van der Waals surface area contributed by atoms with Crippen LogP contribution < -0.4 is 0 Å². The number of ether oxygens (including phenoxy) is 1. The van der Waals surface area contributed by atoms with Crippen LogP contribution in [0.5, 0.6) is 0 Å². The molecule has 1 aliphatic heterocycles. The highest BCUT2D eigenvalue weighted by atomic mass is 16.5. The van der Waals surface area contributed by atoms with E-state index in [0.717, 1.165) is 23.2 Å². The molecule has 0 spiro atoms. The van der Waals surface area contributed by atoms with Gasteiger partial charge in [-0.15, -0.1) is 0 Å². The van der Waals surface area contributed by atoms with Crippen LogP contribution in [0.25, 0.3) is 17.2 Å². The molecule has 6 nitrogen and oxygen atoms in total. The molecule has 0 N–H and O–H groups in total. The Morgan fingerprint density at radius 2 is 2.17 bits per heavy atom. The molecule has 0 unspecified atom stereocenters. The molecule has 0 saturated carbocycles. The standard InChI is InChI=1S/C18H15N3O3/c1-2-24-18(23)14-10-21-15-6-4-3-5-13(15)9-20-8-12(11-22)7-16(20)17(21)19-14/h3-8,10-11H,2,9H2,1H3. The lowest BCUT2D eigenvalue weighted by atomic mass is 10.2. The molecule has 3 aromatic rings. The van der Waals surface area contributed by atoms with Gasteiger partial charge in [0.1, 0.15) is 0 Å². The van der Waals surface area contributed by atoms with Gasteiger partial charge in [-0.25, -0.2) is 9.78 Å². The first-order chi connectivity index (χ1) is 11.7. The van der Waals surface area contributed by atoms with Crippen molar-refractivity contribution in [2.45, 2.75) is 13.5 Å². The predicted octanol–water partition coefficient (Wildman–Crippen LogP) is 2.69. The Hall–Kier alpha value is -3.15. The second-order valence-corrected chi connectivity index (χ2v) is 5.57. The fourth-order valence-electron chi connectivity index (χ4n) is 3.03. The van der Waals surface area contributed by atoms with Crippen LogP contribution in [-0.4, -0.2) is 33.0 Å². The molecule has 0 atom stereocenters. The maximum absolute atomic E-state index is 12.1. The fraction of sp³-hybridized carbons (Fsp3) is 0.167. The predicted molar refractivity (Wildman–Crippen MR) is 87.4 cm³/mol. The zero-order chi connectivity index (χ0) is 16.7. The van der Waals surface area contributed by atoms with Gasteiger partial charge in [-0.1, -0.05) is 18.2 Å².